The lowest BCUT2D eigenvalue weighted by Gasteiger charge is -2.27. The van der Waals surface area contributed by atoms with E-state index in [4.69, 9.17) is 10.5 Å². The molecule has 1 aromatic carbocycles. The van der Waals surface area contributed by atoms with Gasteiger partial charge in [-0.15, -0.1) is 0 Å². The van der Waals surface area contributed by atoms with Gasteiger partial charge in [-0.2, -0.15) is 4.31 Å². The molecule has 1 aromatic rings. The van der Waals surface area contributed by atoms with Crippen LogP contribution in [0.25, 0.3) is 0 Å². The molecule has 0 aliphatic carbocycles. The molecule has 0 spiro atoms. The van der Waals surface area contributed by atoms with Gasteiger partial charge in [-0.25, -0.2) is 16.8 Å². The molecule has 0 radical (unpaired) electrons. The van der Waals surface area contributed by atoms with Crippen LogP contribution in [-0.4, -0.2) is 58.9 Å². The van der Waals surface area contributed by atoms with Gasteiger partial charge < -0.3 is 10.5 Å². The summed E-state index contributed by atoms with van der Waals surface area (Å²) in [6.07, 6.45) is 0.287. The quantitative estimate of drug-likeness (QED) is 0.771. The molecular formula is C14H22N2O5S2. The van der Waals surface area contributed by atoms with E-state index in [1.165, 1.54) is 17.5 Å². The highest BCUT2D eigenvalue weighted by Gasteiger charge is 2.39. The monoisotopic (exact) mass is 362 g/mol. The van der Waals surface area contributed by atoms with Crippen molar-refractivity contribution in [1.29, 1.82) is 0 Å². The molecule has 9 heteroatoms. The fraction of sp³-hybridized carbons (Fsp3) is 0.571. The third-order valence-corrected chi connectivity index (χ3v) is 7.59. The van der Waals surface area contributed by atoms with Crippen molar-refractivity contribution in [2.24, 2.45) is 5.73 Å². The van der Waals surface area contributed by atoms with Crippen molar-refractivity contribution in [2.75, 3.05) is 31.7 Å². The Morgan fingerprint density at radius 2 is 2.09 bits per heavy atom. The molecule has 1 fully saturated rings. The number of sulfonamides is 1. The first kappa shape index (κ1) is 18.2. The summed E-state index contributed by atoms with van der Waals surface area (Å²) >= 11 is 0. The first-order valence-corrected chi connectivity index (χ1v) is 10.5. The molecule has 1 saturated heterocycles. The number of ether oxygens (including phenoxy) is 1. The Balaban J connectivity index is 2.48. The van der Waals surface area contributed by atoms with E-state index < -0.39 is 25.9 Å². The van der Waals surface area contributed by atoms with Crippen LogP contribution in [0.2, 0.25) is 0 Å². The molecule has 1 atom stereocenters. The molecule has 7 nitrogen and oxygen atoms in total. The van der Waals surface area contributed by atoms with Crippen LogP contribution in [0.4, 0.5) is 0 Å². The number of hydrogen-bond acceptors (Lipinski definition) is 6. The number of nitrogens with two attached hydrogens (primary N) is 1. The van der Waals surface area contributed by atoms with E-state index in [1.54, 1.807) is 19.1 Å². The summed E-state index contributed by atoms with van der Waals surface area (Å²) < 4.78 is 55.9. The van der Waals surface area contributed by atoms with E-state index >= 15 is 0 Å². The second-order valence-corrected chi connectivity index (χ2v) is 9.70. The maximum atomic E-state index is 13.0. The first-order chi connectivity index (χ1) is 10.7. The van der Waals surface area contributed by atoms with Gasteiger partial charge in [0.25, 0.3) is 0 Å². The van der Waals surface area contributed by atoms with Gasteiger partial charge >= 0.3 is 0 Å². The summed E-state index contributed by atoms with van der Waals surface area (Å²) in [6, 6.07) is 4.29. The van der Waals surface area contributed by atoms with Crippen LogP contribution in [0.15, 0.2) is 23.1 Å². The van der Waals surface area contributed by atoms with Crippen LogP contribution in [-0.2, 0) is 19.9 Å². The molecule has 0 amide bonds. The zero-order valence-electron chi connectivity index (χ0n) is 13.2. The summed E-state index contributed by atoms with van der Waals surface area (Å²) in [5.74, 6) is 0.0676. The normalized spacial score (nSPS) is 20.8. The highest BCUT2D eigenvalue weighted by Crippen LogP contribution is 2.31. The fourth-order valence-corrected chi connectivity index (χ4v) is 6.48. The predicted octanol–water partition coefficient (Wildman–Crippen LogP) is 0.140. The highest BCUT2D eigenvalue weighted by atomic mass is 32.2. The van der Waals surface area contributed by atoms with Crippen LogP contribution < -0.4 is 10.5 Å². The van der Waals surface area contributed by atoms with Crippen LogP contribution in [0.3, 0.4) is 0 Å². The SMILES string of the molecule is COc1ccc(C)cc1S(=O)(=O)N(CCN)[C@H]1CCS(=O)(=O)C1. The van der Waals surface area contributed by atoms with Crippen molar-refractivity contribution in [1.82, 2.24) is 4.31 Å². The number of aryl methyl sites for hydroxylation is 1. The van der Waals surface area contributed by atoms with E-state index in [-0.39, 0.29) is 41.7 Å². The van der Waals surface area contributed by atoms with Gasteiger partial charge in [0, 0.05) is 19.1 Å². The summed E-state index contributed by atoms with van der Waals surface area (Å²) in [5.41, 5.74) is 6.33. The van der Waals surface area contributed by atoms with Crippen molar-refractivity contribution in [2.45, 2.75) is 24.3 Å². The molecule has 130 valence electrons. The van der Waals surface area contributed by atoms with Crippen molar-refractivity contribution in [3.05, 3.63) is 23.8 Å². The third-order valence-electron chi connectivity index (χ3n) is 3.87. The van der Waals surface area contributed by atoms with Gasteiger partial charge in [0.05, 0.1) is 18.6 Å². The van der Waals surface area contributed by atoms with Gasteiger partial charge in [0.1, 0.15) is 10.6 Å². The van der Waals surface area contributed by atoms with Crippen LogP contribution in [0.1, 0.15) is 12.0 Å². The van der Waals surface area contributed by atoms with Gasteiger partial charge in [0.15, 0.2) is 9.84 Å². The number of rotatable bonds is 6. The Morgan fingerprint density at radius 1 is 1.39 bits per heavy atom. The van der Waals surface area contributed by atoms with Crippen molar-refractivity contribution >= 4 is 19.9 Å². The maximum Gasteiger partial charge on any atom is 0.247 e. The first-order valence-electron chi connectivity index (χ1n) is 7.28. The van der Waals surface area contributed by atoms with Gasteiger partial charge in [-0.05, 0) is 31.0 Å². The standard InChI is InChI=1S/C14H22N2O5S2/c1-11-3-4-13(21-2)14(9-11)23(19,20)16(7-6-15)12-5-8-22(17,18)10-12/h3-4,9,12H,5-8,10,15H2,1-2H3/t12-/m0/s1. The molecule has 0 saturated carbocycles. The average molecular weight is 362 g/mol. The van der Waals surface area contributed by atoms with Gasteiger partial charge in [-0.3, -0.25) is 0 Å². The third kappa shape index (κ3) is 3.85. The zero-order chi connectivity index (χ0) is 17.3. The van der Waals surface area contributed by atoms with E-state index in [0.29, 0.717) is 0 Å². The maximum absolute atomic E-state index is 13.0. The molecular weight excluding hydrogens is 340 g/mol. The number of benzene rings is 1. The van der Waals surface area contributed by atoms with Crippen molar-refractivity contribution in [3.63, 3.8) is 0 Å². The molecule has 2 rings (SSSR count). The zero-order valence-corrected chi connectivity index (χ0v) is 14.9. The van der Waals surface area contributed by atoms with Crippen LogP contribution >= 0.6 is 0 Å². The fourth-order valence-electron chi connectivity index (χ4n) is 2.74. The van der Waals surface area contributed by atoms with Gasteiger partial charge in [0.2, 0.25) is 10.0 Å². The smallest absolute Gasteiger partial charge is 0.247 e. The van der Waals surface area contributed by atoms with E-state index in [9.17, 15) is 16.8 Å². The van der Waals surface area contributed by atoms with E-state index in [1.807, 2.05) is 0 Å². The molecule has 23 heavy (non-hydrogen) atoms. The Bertz CT molecular complexity index is 774. The van der Waals surface area contributed by atoms with E-state index in [0.717, 1.165) is 5.56 Å². The minimum atomic E-state index is -3.90. The molecule has 0 unspecified atom stereocenters. The summed E-state index contributed by atoms with van der Waals surface area (Å²) in [7, 11) is -5.70. The van der Waals surface area contributed by atoms with Crippen molar-refractivity contribution < 1.29 is 21.6 Å². The highest BCUT2D eigenvalue weighted by molar-refractivity contribution is 7.92. The number of methoxy groups -OCH3 is 1. The second kappa shape index (κ2) is 6.76. The number of hydrogen-bond donors (Lipinski definition) is 1. The molecule has 1 heterocycles. The lowest BCUT2D eigenvalue weighted by molar-refractivity contribution is 0.342. The minimum absolute atomic E-state index is 0.000783. The Kier molecular flexibility index (Phi) is 5.34. The molecule has 0 aromatic heterocycles. The van der Waals surface area contributed by atoms with Gasteiger partial charge in [-0.1, -0.05) is 6.07 Å². The molecule has 0 bridgehead atoms. The largest absolute Gasteiger partial charge is 0.495 e. The summed E-state index contributed by atoms with van der Waals surface area (Å²) in [4.78, 5) is 0.0396. The predicted molar refractivity (Wildman–Crippen MR) is 87.7 cm³/mol. The van der Waals surface area contributed by atoms with E-state index in [2.05, 4.69) is 0 Å². The topological polar surface area (TPSA) is 107 Å². The number of sulfone groups is 1. The van der Waals surface area contributed by atoms with Crippen LogP contribution in [0.5, 0.6) is 5.75 Å². The second-order valence-electron chi connectivity index (χ2n) is 5.62. The average Bonchev–Trinajstić information content (AvgIpc) is 2.84. The van der Waals surface area contributed by atoms with Crippen molar-refractivity contribution in [3.8, 4) is 5.75 Å². The lowest BCUT2D eigenvalue weighted by Crippen LogP contribution is -2.43. The molecule has 1 aliphatic rings. The summed E-state index contributed by atoms with van der Waals surface area (Å²) in [6.45, 7) is 1.97. The minimum Gasteiger partial charge on any atom is -0.495 e. The molecule has 1 aliphatic heterocycles. The number of nitrogens with zero attached hydrogens (tertiary/aromatic N) is 1. The lowest BCUT2D eigenvalue weighted by atomic mass is 10.2. The Morgan fingerprint density at radius 3 is 2.61 bits per heavy atom. The molecule has 2 N–H and O–H groups in total. The summed E-state index contributed by atoms with van der Waals surface area (Å²) in [5, 5.41) is 0. The van der Waals surface area contributed by atoms with Crippen LogP contribution in [0, 0.1) is 6.92 Å². The Hall–Kier alpha value is -1.16. The Labute approximate surface area is 137 Å².